The fourth-order valence-corrected chi connectivity index (χ4v) is 5.97. The number of rotatable bonds is 8. The molecular weight excluding hydrogens is 468 g/mol. The Morgan fingerprint density at radius 3 is 1.94 bits per heavy atom. The van der Waals surface area contributed by atoms with Crippen LogP contribution in [0.15, 0.2) is 83.8 Å². The highest BCUT2D eigenvalue weighted by Crippen LogP contribution is 2.36. The molecule has 3 aromatic carbocycles. The number of methoxy groups -OCH3 is 2. The van der Waals surface area contributed by atoms with E-state index in [1.807, 2.05) is 6.07 Å². The first-order chi connectivity index (χ1) is 16.8. The normalized spacial score (nSPS) is 17.0. The average molecular weight is 495 g/mol. The van der Waals surface area contributed by atoms with Crippen LogP contribution in [-0.4, -0.2) is 44.8 Å². The Hall–Kier alpha value is -3.69. The summed E-state index contributed by atoms with van der Waals surface area (Å²) in [6.45, 7) is 1.71. The molecule has 4 rings (SSSR count). The van der Waals surface area contributed by atoms with Gasteiger partial charge in [0.1, 0.15) is 17.5 Å². The molecule has 0 spiro atoms. The lowest BCUT2D eigenvalue weighted by Gasteiger charge is -2.32. The molecule has 0 aliphatic carbocycles. The quantitative estimate of drug-likeness (QED) is 0.443. The molecule has 1 aliphatic heterocycles. The molecule has 9 heteroatoms. The van der Waals surface area contributed by atoms with Crippen molar-refractivity contribution in [2.45, 2.75) is 30.3 Å². The summed E-state index contributed by atoms with van der Waals surface area (Å²) >= 11 is 0. The second kappa shape index (κ2) is 9.89. The molecule has 8 nitrogen and oxygen atoms in total. The summed E-state index contributed by atoms with van der Waals surface area (Å²) in [5, 5.41) is 0. The summed E-state index contributed by atoms with van der Waals surface area (Å²) in [7, 11) is -1.16. The topological polar surface area (TPSA) is 93.2 Å². The summed E-state index contributed by atoms with van der Waals surface area (Å²) in [5.41, 5.74) is 1.06. The minimum absolute atomic E-state index is 0.00391. The zero-order valence-electron chi connectivity index (χ0n) is 19.6. The molecule has 0 aromatic heterocycles. The van der Waals surface area contributed by atoms with E-state index in [9.17, 15) is 18.0 Å². The molecule has 0 saturated carbocycles. The molecule has 1 saturated heterocycles. The molecule has 2 amide bonds. The maximum Gasteiger partial charge on any atom is 0.252 e. The number of carbonyl (C=O) groups is 2. The van der Waals surface area contributed by atoms with Crippen LogP contribution in [-0.2, 0) is 19.6 Å². The molecule has 2 unspecified atom stereocenters. The van der Waals surface area contributed by atoms with Crippen LogP contribution in [0.5, 0.6) is 11.5 Å². The highest BCUT2D eigenvalue weighted by atomic mass is 32.2. The van der Waals surface area contributed by atoms with Crippen molar-refractivity contribution in [2.75, 3.05) is 19.1 Å². The predicted octanol–water partition coefficient (Wildman–Crippen LogP) is 3.79. The molecule has 1 fully saturated rings. The lowest BCUT2D eigenvalue weighted by Crippen LogP contribution is -2.46. The number of carbonyl (C=O) groups excluding carboxylic acids is 2. The van der Waals surface area contributed by atoms with Gasteiger partial charge in [0, 0.05) is 6.04 Å². The Morgan fingerprint density at radius 1 is 0.857 bits per heavy atom. The number of ether oxygens (including phenoxy) is 2. The number of benzene rings is 3. The van der Waals surface area contributed by atoms with E-state index in [0.717, 1.165) is 9.21 Å². The summed E-state index contributed by atoms with van der Waals surface area (Å²) in [4.78, 5) is 27.6. The molecule has 0 N–H and O–H groups in total. The van der Waals surface area contributed by atoms with Gasteiger partial charge in [0.2, 0.25) is 15.9 Å². The van der Waals surface area contributed by atoms with E-state index in [4.69, 9.17) is 9.47 Å². The maximum atomic E-state index is 13.9. The van der Waals surface area contributed by atoms with Crippen molar-refractivity contribution in [3.05, 3.63) is 84.4 Å². The van der Waals surface area contributed by atoms with Gasteiger partial charge in [0.05, 0.1) is 31.2 Å². The Labute approximate surface area is 204 Å². The molecule has 182 valence electrons. The van der Waals surface area contributed by atoms with E-state index in [1.54, 1.807) is 67.6 Å². The number of hydrogen-bond donors (Lipinski definition) is 0. The molecule has 0 bridgehead atoms. The van der Waals surface area contributed by atoms with Crippen molar-refractivity contribution in [3.8, 4) is 11.5 Å². The molecule has 3 aromatic rings. The van der Waals surface area contributed by atoms with Gasteiger partial charge in [0.25, 0.3) is 5.91 Å². The van der Waals surface area contributed by atoms with Gasteiger partial charge in [-0.3, -0.25) is 9.59 Å². The van der Waals surface area contributed by atoms with Crippen molar-refractivity contribution >= 4 is 27.5 Å². The number of amides is 2. The summed E-state index contributed by atoms with van der Waals surface area (Å²) in [6, 6.07) is 19.5. The minimum Gasteiger partial charge on any atom is -0.497 e. The lowest BCUT2D eigenvalue weighted by atomic mass is 10.1. The van der Waals surface area contributed by atoms with Gasteiger partial charge in [-0.05, 0) is 61.0 Å². The van der Waals surface area contributed by atoms with E-state index in [2.05, 4.69) is 0 Å². The molecule has 2 atom stereocenters. The number of sulfonamides is 1. The van der Waals surface area contributed by atoms with Crippen LogP contribution < -0.4 is 14.4 Å². The smallest absolute Gasteiger partial charge is 0.252 e. The van der Waals surface area contributed by atoms with Gasteiger partial charge in [-0.25, -0.2) is 13.3 Å². The fraction of sp³-hybridized carbons (Fsp3) is 0.231. The van der Waals surface area contributed by atoms with E-state index in [0.29, 0.717) is 22.7 Å². The van der Waals surface area contributed by atoms with Crippen molar-refractivity contribution in [1.29, 1.82) is 0 Å². The largest absolute Gasteiger partial charge is 0.497 e. The molecule has 1 aliphatic rings. The van der Waals surface area contributed by atoms with Gasteiger partial charge in [-0.2, -0.15) is 4.31 Å². The van der Waals surface area contributed by atoms with Crippen LogP contribution in [0.3, 0.4) is 0 Å². The van der Waals surface area contributed by atoms with Crippen LogP contribution in [0.4, 0.5) is 5.69 Å². The third-order valence-electron chi connectivity index (χ3n) is 6.06. The van der Waals surface area contributed by atoms with E-state index in [1.165, 1.54) is 26.4 Å². The van der Waals surface area contributed by atoms with Crippen LogP contribution in [0.25, 0.3) is 0 Å². The first-order valence-corrected chi connectivity index (χ1v) is 12.5. The zero-order valence-corrected chi connectivity index (χ0v) is 20.4. The zero-order chi connectivity index (χ0) is 25.2. The number of imide groups is 1. The van der Waals surface area contributed by atoms with Gasteiger partial charge in [-0.15, -0.1) is 0 Å². The van der Waals surface area contributed by atoms with Crippen LogP contribution in [0, 0.1) is 0 Å². The molecular formula is C26H26N2O6S. The average Bonchev–Trinajstić information content (AvgIpc) is 3.17. The van der Waals surface area contributed by atoms with Gasteiger partial charge in [-0.1, -0.05) is 30.3 Å². The van der Waals surface area contributed by atoms with E-state index >= 15 is 0 Å². The Balaban J connectivity index is 1.77. The highest BCUT2D eigenvalue weighted by Gasteiger charge is 2.48. The first-order valence-electron chi connectivity index (χ1n) is 11.0. The second-order valence-electron chi connectivity index (χ2n) is 8.08. The van der Waals surface area contributed by atoms with E-state index in [-0.39, 0.29) is 11.3 Å². The monoisotopic (exact) mass is 494 g/mol. The van der Waals surface area contributed by atoms with Crippen molar-refractivity contribution in [1.82, 2.24) is 4.31 Å². The second-order valence-corrected chi connectivity index (χ2v) is 9.93. The van der Waals surface area contributed by atoms with Crippen LogP contribution in [0.1, 0.15) is 24.9 Å². The predicted molar refractivity (Wildman–Crippen MR) is 131 cm³/mol. The lowest BCUT2D eigenvalue weighted by molar-refractivity contribution is -0.122. The number of hydrogen-bond acceptors (Lipinski definition) is 6. The highest BCUT2D eigenvalue weighted by molar-refractivity contribution is 7.89. The standard InChI is InChI=1S/C26H26N2O6S/c1-18(19-7-5-4-6-8-19)28(35(31,32)23-15-13-22(34-3)14-16-23)24-17-25(29)27(26(24)30)20-9-11-21(33-2)12-10-20/h4-16,18,24H,17H2,1-3H3. The van der Waals surface area contributed by atoms with Gasteiger partial charge in [0.15, 0.2) is 0 Å². The van der Waals surface area contributed by atoms with Crippen molar-refractivity contribution in [3.63, 3.8) is 0 Å². The molecule has 0 radical (unpaired) electrons. The molecule has 35 heavy (non-hydrogen) atoms. The molecule has 1 heterocycles. The van der Waals surface area contributed by atoms with Crippen LogP contribution in [0.2, 0.25) is 0 Å². The Kier molecular flexibility index (Phi) is 6.90. The maximum absolute atomic E-state index is 13.9. The number of anilines is 1. The Morgan fingerprint density at radius 2 is 1.40 bits per heavy atom. The van der Waals surface area contributed by atoms with E-state index < -0.39 is 33.9 Å². The fourth-order valence-electron chi connectivity index (χ4n) is 4.21. The summed E-state index contributed by atoms with van der Waals surface area (Å²) in [6.07, 6.45) is -0.266. The third kappa shape index (κ3) is 4.65. The summed E-state index contributed by atoms with van der Waals surface area (Å²) in [5.74, 6) is 0.00982. The number of nitrogens with zero attached hydrogens (tertiary/aromatic N) is 2. The first kappa shape index (κ1) is 24.4. The third-order valence-corrected chi connectivity index (χ3v) is 8.05. The van der Waals surface area contributed by atoms with Crippen molar-refractivity contribution in [2.24, 2.45) is 0 Å². The summed E-state index contributed by atoms with van der Waals surface area (Å²) < 4.78 is 39.2. The van der Waals surface area contributed by atoms with Crippen molar-refractivity contribution < 1.29 is 27.5 Å². The van der Waals surface area contributed by atoms with Crippen LogP contribution >= 0.6 is 0 Å². The minimum atomic E-state index is -4.17. The van der Waals surface area contributed by atoms with Gasteiger partial charge < -0.3 is 9.47 Å². The van der Waals surface area contributed by atoms with Gasteiger partial charge >= 0.3 is 0 Å². The SMILES string of the molecule is COc1ccc(N2C(=O)CC(N(C(C)c3ccccc3)S(=O)(=O)c3ccc(OC)cc3)C2=O)cc1. The Bertz CT molecular complexity index is 1310.